The molecule has 1 N–H and O–H groups in total. The maximum absolute atomic E-state index is 10.4. The molecule has 0 fully saturated rings. The van der Waals surface area contributed by atoms with Gasteiger partial charge in [-0.25, -0.2) is 0 Å². The summed E-state index contributed by atoms with van der Waals surface area (Å²) in [4.78, 5) is 0. The van der Waals surface area contributed by atoms with Crippen molar-refractivity contribution in [2.75, 3.05) is 0 Å². The van der Waals surface area contributed by atoms with Gasteiger partial charge >= 0.3 is 5.97 Å². The highest BCUT2D eigenvalue weighted by Gasteiger charge is 2.34. The van der Waals surface area contributed by atoms with Crippen LogP contribution in [0, 0.1) is 0 Å². The second-order valence-electron chi connectivity index (χ2n) is 5.57. The molecule has 4 heteroatoms. The van der Waals surface area contributed by atoms with Crippen LogP contribution in [0.4, 0.5) is 0 Å². The molecule has 0 bridgehead atoms. The van der Waals surface area contributed by atoms with Crippen molar-refractivity contribution in [1.29, 1.82) is 0 Å². The second kappa shape index (κ2) is 7.83. The van der Waals surface area contributed by atoms with Gasteiger partial charge in [-0.3, -0.25) is 4.74 Å². The molecular weight excluding hydrogens is 316 g/mol. The summed E-state index contributed by atoms with van der Waals surface area (Å²) in [5.74, 6) is -0.375. The highest BCUT2D eigenvalue weighted by molar-refractivity contribution is 5.24. The van der Waals surface area contributed by atoms with Crippen LogP contribution in [0.3, 0.4) is 0 Å². The number of hydrogen-bond acceptors (Lipinski definition) is 4. The Morgan fingerprint density at radius 2 is 1.08 bits per heavy atom. The summed E-state index contributed by atoms with van der Waals surface area (Å²) in [5.41, 5.74) is 0.613. The summed E-state index contributed by atoms with van der Waals surface area (Å²) in [6.45, 7) is 1.62. The van der Waals surface area contributed by atoms with Crippen LogP contribution in [0.1, 0.15) is 18.8 Å². The van der Waals surface area contributed by atoms with E-state index in [2.05, 4.69) is 0 Å². The first-order valence-electron chi connectivity index (χ1n) is 8.04. The van der Waals surface area contributed by atoms with Crippen LogP contribution in [-0.2, 0) is 4.74 Å². The minimum Gasteiger partial charge on any atom is -0.430 e. The Morgan fingerprint density at radius 3 is 1.52 bits per heavy atom. The molecule has 128 valence electrons. The first kappa shape index (κ1) is 17.0. The van der Waals surface area contributed by atoms with Crippen molar-refractivity contribution < 1.29 is 19.3 Å². The highest BCUT2D eigenvalue weighted by atomic mass is 16.9. The van der Waals surface area contributed by atoms with Gasteiger partial charge in [0.1, 0.15) is 11.5 Å². The van der Waals surface area contributed by atoms with Gasteiger partial charge in [0.2, 0.25) is 0 Å². The predicted molar refractivity (Wildman–Crippen MR) is 95.0 cm³/mol. The third kappa shape index (κ3) is 4.83. The molecule has 0 spiro atoms. The van der Waals surface area contributed by atoms with Crippen molar-refractivity contribution in [3.63, 3.8) is 0 Å². The van der Waals surface area contributed by atoms with Gasteiger partial charge in [-0.2, -0.15) is 0 Å². The SMILES string of the molecule is CC(Oc1ccccc1)(Oc1ccccc1)OC(O)c1ccccc1. The number of hydrogen-bond donors (Lipinski definition) is 1. The fourth-order valence-corrected chi connectivity index (χ4v) is 2.36. The molecule has 3 aromatic carbocycles. The fraction of sp³-hybridized carbons (Fsp3) is 0.143. The molecule has 0 aromatic heterocycles. The molecule has 3 aromatic rings. The quantitative estimate of drug-likeness (QED) is 0.644. The van der Waals surface area contributed by atoms with Gasteiger partial charge < -0.3 is 14.6 Å². The van der Waals surface area contributed by atoms with E-state index in [0.717, 1.165) is 0 Å². The molecular formula is C21H20O4. The van der Waals surface area contributed by atoms with Crippen LogP contribution in [0.25, 0.3) is 0 Å². The number of benzene rings is 3. The summed E-state index contributed by atoms with van der Waals surface area (Å²) in [6.07, 6.45) is -1.20. The number of aliphatic hydroxyl groups is 1. The first-order chi connectivity index (χ1) is 12.1. The lowest BCUT2D eigenvalue weighted by Gasteiger charge is -2.32. The fourth-order valence-electron chi connectivity index (χ4n) is 2.36. The van der Waals surface area contributed by atoms with Gasteiger partial charge in [0, 0.05) is 12.5 Å². The highest BCUT2D eigenvalue weighted by Crippen LogP contribution is 2.28. The average Bonchev–Trinajstić information content (AvgIpc) is 2.64. The van der Waals surface area contributed by atoms with Gasteiger partial charge in [0.25, 0.3) is 0 Å². The van der Waals surface area contributed by atoms with Crippen molar-refractivity contribution in [3.05, 3.63) is 96.6 Å². The van der Waals surface area contributed by atoms with E-state index < -0.39 is 12.3 Å². The first-order valence-corrected chi connectivity index (χ1v) is 8.04. The molecule has 0 saturated heterocycles. The summed E-state index contributed by atoms with van der Waals surface area (Å²) in [6, 6.07) is 27.5. The normalized spacial score (nSPS) is 12.4. The minimum atomic E-state index is -1.52. The molecule has 1 unspecified atom stereocenters. The van der Waals surface area contributed by atoms with Crippen molar-refractivity contribution in [3.8, 4) is 11.5 Å². The zero-order chi connectivity index (χ0) is 17.5. The third-order valence-corrected chi connectivity index (χ3v) is 3.50. The lowest BCUT2D eigenvalue weighted by atomic mass is 10.2. The summed E-state index contributed by atoms with van der Waals surface area (Å²) in [7, 11) is 0. The van der Waals surface area contributed by atoms with E-state index in [4.69, 9.17) is 14.2 Å². The monoisotopic (exact) mass is 336 g/mol. The van der Waals surface area contributed by atoms with E-state index in [-0.39, 0.29) is 0 Å². The van der Waals surface area contributed by atoms with Gasteiger partial charge in [0.15, 0.2) is 6.29 Å². The van der Waals surface area contributed by atoms with E-state index in [0.29, 0.717) is 17.1 Å². The van der Waals surface area contributed by atoms with Gasteiger partial charge in [0.05, 0.1) is 0 Å². The molecule has 0 radical (unpaired) electrons. The van der Waals surface area contributed by atoms with E-state index in [1.807, 2.05) is 54.6 Å². The van der Waals surface area contributed by atoms with Crippen LogP contribution >= 0.6 is 0 Å². The van der Waals surface area contributed by atoms with E-state index in [9.17, 15) is 5.11 Å². The lowest BCUT2D eigenvalue weighted by molar-refractivity contribution is -0.345. The predicted octanol–water partition coefficient (Wildman–Crippen LogP) is 4.53. The largest absolute Gasteiger partial charge is 0.430 e. The van der Waals surface area contributed by atoms with Crippen LogP contribution < -0.4 is 9.47 Å². The Morgan fingerprint density at radius 1 is 0.680 bits per heavy atom. The van der Waals surface area contributed by atoms with Crippen LogP contribution in [0.2, 0.25) is 0 Å². The Bertz CT molecular complexity index is 718. The Kier molecular flexibility index (Phi) is 5.33. The van der Waals surface area contributed by atoms with Crippen LogP contribution in [0.15, 0.2) is 91.0 Å². The average molecular weight is 336 g/mol. The smallest absolute Gasteiger partial charge is 0.371 e. The van der Waals surface area contributed by atoms with Gasteiger partial charge in [-0.15, -0.1) is 0 Å². The van der Waals surface area contributed by atoms with E-state index in [1.165, 1.54) is 0 Å². The van der Waals surface area contributed by atoms with Gasteiger partial charge in [-0.1, -0.05) is 66.7 Å². The summed E-state index contributed by atoms with van der Waals surface area (Å²) >= 11 is 0. The number of para-hydroxylation sites is 2. The molecule has 0 aliphatic heterocycles. The molecule has 25 heavy (non-hydrogen) atoms. The maximum atomic E-state index is 10.4. The van der Waals surface area contributed by atoms with E-state index >= 15 is 0 Å². The molecule has 0 amide bonds. The van der Waals surface area contributed by atoms with Crippen molar-refractivity contribution in [1.82, 2.24) is 0 Å². The Hall–Kier alpha value is -2.82. The van der Waals surface area contributed by atoms with E-state index in [1.54, 1.807) is 43.3 Å². The topological polar surface area (TPSA) is 47.9 Å². The third-order valence-electron chi connectivity index (χ3n) is 3.50. The molecule has 0 heterocycles. The zero-order valence-corrected chi connectivity index (χ0v) is 13.9. The Balaban J connectivity index is 1.82. The lowest BCUT2D eigenvalue weighted by Crippen LogP contribution is -2.43. The molecule has 3 rings (SSSR count). The minimum absolute atomic E-state index is 0.571. The number of ether oxygens (including phenoxy) is 3. The van der Waals surface area contributed by atoms with Crippen molar-refractivity contribution in [2.24, 2.45) is 0 Å². The molecule has 0 saturated carbocycles. The standard InChI is InChI=1S/C21H20O4/c1-21(23-18-13-7-3-8-14-18,24-19-15-9-4-10-16-19)25-20(22)17-11-5-2-6-12-17/h2-16,20,22H,1H3. The Labute approximate surface area is 147 Å². The summed E-state index contributed by atoms with van der Waals surface area (Å²) in [5, 5.41) is 10.4. The second-order valence-corrected chi connectivity index (χ2v) is 5.57. The number of rotatable bonds is 7. The van der Waals surface area contributed by atoms with Crippen LogP contribution in [-0.4, -0.2) is 11.1 Å². The maximum Gasteiger partial charge on any atom is 0.371 e. The number of aliphatic hydroxyl groups excluding tert-OH is 1. The van der Waals surface area contributed by atoms with Gasteiger partial charge in [-0.05, 0) is 24.3 Å². The molecule has 4 nitrogen and oxygen atoms in total. The van der Waals surface area contributed by atoms with Crippen molar-refractivity contribution in [2.45, 2.75) is 19.2 Å². The molecule has 1 atom stereocenters. The van der Waals surface area contributed by atoms with Crippen molar-refractivity contribution >= 4 is 0 Å². The van der Waals surface area contributed by atoms with Crippen LogP contribution in [0.5, 0.6) is 11.5 Å². The molecule has 0 aliphatic rings. The zero-order valence-electron chi connectivity index (χ0n) is 13.9. The molecule has 0 aliphatic carbocycles. The summed E-state index contributed by atoms with van der Waals surface area (Å²) < 4.78 is 17.5.